The standard InChI is InChI=1S/C19H31NO3S9Si/c1-5-12-21-33(22-13-6-2,23-14-7-3)16(4)15-24-27-29-31-32-30-28-26-19-20-17-10-8-9-11-18(17)25-19/h8-11,16H,5-7,12-15H2,1-4H3. The molecule has 2 rings (SSSR count). The number of hydrogen-bond acceptors (Lipinski definition) is 13. The molecule has 14 heteroatoms. The molecule has 0 radical (unpaired) electrons. The summed E-state index contributed by atoms with van der Waals surface area (Å²) in [6, 6.07) is 8.29. The fourth-order valence-electron chi connectivity index (χ4n) is 2.51. The van der Waals surface area contributed by atoms with Gasteiger partial charge in [0.2, 0.25) is 0 Å². The molecule has 4 nitrogen and oxygen atoms in total. The summed E-state index contributed by atoms with van der Waals surface area (Å²) in [7, 11) is 11.7. The molecule has 0 saturated carbocycles. The van der Waals surface area contributed by atoms with Gasteiger partial charge in [-0.05, 0) is 101 Å². The number of aromatic nitrogens is 1. The molecule has 0 bridgehead atoms. The summed E-state index contributed by atoms with van der Waals surface area (Å²) >= 11 is 1.75. The van der Waals surface area contributed by atoms with E-state index in [0.29, 0.717) is 19.8 Å². The van der Waals surface area contributed by atoms with Gasteiger partial charge in [-0.2, -0.15) is 0 Å². The van der Waals surface area contributed by atoms with Crippen LogP contribution in [0.2, 0.25) is 5.54 Å². The van der Waals surface area contributed by atoms with Crippen LogP contribution in [0.25, 0.3) is 10.2 Å². The first kappa shape index (κ1) is 31.2. The normalized spacial score (nSPS) is 13.1. The second kappa shape index (κ2) is 19.1. The molecule has 188 valence electrons. The fourth-order valence-corrected chi connectivity index (χ4v) is 24.9. The Morgan fingerprint density at radius 1 is 0.848 bits per heavy atom. The van der Waals surface area contributed by atoms with Crippen LogP contribution in [0.4, 0.5) is 0 Å². The molecular weight excluding hydrogens is 607 g/mol. The summed E-state index contributed by atoms with van der Waals surface area (Å²) in [5.74, 6) is 0.960. The van der Waals surface area contributed by atoms with Crippen LogP contribution >= 0.6 is 91.9 Å². The first-order valence-corrected chi connectivity index (χ1v) is 23.7. The predicted molar refractivity (Wildman–Crippen MR) is 167 cm³/mol. The van der Waals surface area contributed by atoms with Gasteiger partial charge >= 0.3 is 8.80 Å². The van der Waals surface area contributed by atoms with Gasteiger partial charge in [0.1, 0.15) is 0 Å². The molecule has 0 spiro atoms. The molecule has 0 fully saturated rings. The zero-order valence-corrected chi connectivity index (χ0v) is 27.5. The van der Waals surface area contributed by atoms with Crippen LogP contribution < -0.4 is 0 Å². The number of benzene rings is 1. The monoisotopic (exact) mass is 637 g/mol. The predicted octanol–water partition coefficient (Wildman–Crippen LogP) is 10.5. The smallest absolute Gasteiger partial charge is 0.373 e. The van der Waals surface area contributed by atoms with E-state index in [4.69, 9.17) is 13.3 Å². The number of nitrogens with zero attached hydrogens (tertiary/aromatic N) is 1. The molecule has 0 aliphatic heterocycles. The maximum atomic E-state index is 6.27. The highest BCUT2D eigenvalue weighted by molar-refractivity contribution is 9.48. The van der Waals surface area contributed by atoms with E-state index in [1.54, 1.807) is 71.3 Å². The van der Waals surface area contributed by atoms with Crippen molar-refractivity contribution in [2.75, 3.05) is 25.6 Å². The molecule has 0 amide bonds. The molecule has 0 aliphatic carbocycles. The fraction of sp³-hybridized carbons (Fsp3) is 0.632. The van der Waals surface area contributed by atoms with Crippen molar-refractivity contribution >= 4 is 111 Å². The SMILES string of the molecule is CCCO[Si](OCCC)(OCCC)C(C)CSSSSSSSSc1nc2ccccc2s1. The van der Waals surface area contributed by atoms with Gasteiger partial charge in [0, 0.05) is 31.1 Å². The third-order valence-electron chi connectivity index (χ3n) is 4.01. The Morgan fingerprint density at radius 3 is 2.03 bits per heavy atom. The zero-order chi connectivity index (χ0) is 23.8. The van der Waals surface area contributed by atoms with E-state index >= 15 is 0 Å². The van der Waals surface area contributed by atoms with Gasteiger partial charge in [-0.1, -0.05) is 50.6 Å². The van der Waals surface area contributed by atoms with Crippen LogP contribution in [-0.4, -0.2) is 39.4 Å². The Balaban J connectivity index is 1.61. The first-order valence-electron chi connectivity index (χ1n) is 10.7. The number of fused-ring (bicyclic) bond motifs is 1. The van der Waals surface area contributed by atoms with E-state index in [1.807, 2.05) is 26.7 Å². The van der Waals surface area contributed by atoms with E-state index in [1.165, 1.54) is 4.70 Å². The van der Waals surface area contributed by atoms with Crippen molar-refractivity contribution in [1.29, 1.82) is 0 Å². The van der Waals surface area contributed by atoms with Crippen molar-refractivity contribution in [2.45, 2.75) is 56.8 Å². The van der Waals surface area contributed by atoms with E-state index < -0.39 is 8.80 Å². The number of rotatable bonds is 20. The largest absolute Gasteiger partial charge is 0.504 e. The first-order chi connectivity index (χ1) is 16.1. The molecule has 1 aromatic carbocycles. The van der Waals surface area contributed by atoms with Crippen molar-refractivity contribution in [2.24, 2.45) is 0 Å². The summed E-state index contributed by atoms with van der Waals surface area (Å²) in [6.07, 6.45) is 2.93. The quantitative estimate of drug-likeness (QED) is 0.0788. The highest BCUT2D eigenvalue weighted by atomic mass is 34.0. The molecule has 1 atom stereocenters. The Bertz CT molecular complexity index is 718. The third kappa shape index (κ3) is 11.9. The van der Waals surface area contributed by atoms with Gasteiger partial charge in [-0.15, -0.1) is 11.3 Å². The maximum Gasteiger partial charge on any atom is 0.504 e. The Kier molecular flexibility index (Phi) is 18.1. The van der Waals surface area contributed by atoms with Gasteiger partial charge in [-0.3, -0.25) is 0 Å². The highest BCUT2D eigenvalue weighted by Crippen LogP contribution is 2.58. The van der Waals surface area contributed by atoms with Gasteiger partial charge in [0.25, 0.3) is 0 Å². The second-order valence-corrected chi connectivity index (χ2v) is 24.1. The summed E-state index contributed by atoms with van der Waals surface area (Å²) in [6.45, 7) is 10.7. The Morgan fingerprint density at radius 2 is 1.42 bits per heavy atom. The minimum atomic E-state index is -2.66. The molecule has 1 heterocycles. The minimum Gasteiger partial charge on any atom is -0.373 e. The van der Waals surface area contributed by atoms with Crippen LogP contribution in [0.15, 0.2) is 28.6 Å². The summed E-state index contributed by atoms with van der Waals surface area (Å²) < 4.78 is 21.2. The van der Waals surface area contributed by atoms with Crippen LogP contribution in [0.5, 0.6) is 0 Å². The van der Waals surface area contributed by atoms with Crippen LogP contribution in [-0.2, 0) is 13.3 Å². The lowest BCUT2D eigenvalue weighted by Gasteiger charge is -2.34. The molecule has 33 heavy (non-hydrogen) atoms. The average Bonchev–Trinajstić information content (AvgIpc) is 3.25. The van der Waals surface area contributed by atoms with Crippen molar-refractivity contribution in [1.82, 2.24) is 4.98 Å². The number of thiazole rings is 1. The van der Waals surface area contributed by atoms with Crippen LogP contribution in [0.1, 0.15) is 47.0 Å². The highest BCUT2D eigenvalue weighted by Gasteiger charge is 2.47. The van der Waals surface area contributed by atoms with Crippen LogP contribution in [0, 0.1) is 0 Å². The lowest BCUT2D eigenvalue weighted by molar-refractivity contribution is 0.0529. The topological polar surface area (TPSA) is 40.6 Å². The lowest BCUT2D eigenvalue weighted by Crippen LogP contribution is -2.50. The zero-order valence-electron chi connectivity index (χ0n) is 19.2. The lowest BCUT2D eigenvalue weighted by atomic mass is 10.3. The van der Waals surface area contributed by atoms with Crippen molar-refractivity contribution in [3.63, 3.8) is 0 Å². The van der Waals surface area contributed by atoms with Gasteiger partial charge in [-0.25, -0.2) is 4.98 Å². The molecule has 0 aliphatic rings. The van der Waals surface area contributed by atoms with Crippen molar-refractivity contribution in [3.8, 4) is 0 Å². The Hall–Kier alpha value is 2.01. The summed E-state index contributed by atoms with van der Waals surface area (Å²) in [4.78, 5) is 4.65. The number of para-hydroxylation sites is 1. The number of hydrogen-bond donors (Lipinski definition) is 0. The van der Waals surface area contributed by atoms with Gasteiger partial charge in [0.15, 0.2) is 4.34 Å². The van der Waals surface area contributed by atoms with Crippen LogP contribution in [0.3, 0.4) is 0 Å². The Labute approximate surface area is 233 Å². The molecule has 1 aromatic heterocycles. The molecule has 1 unspecified atom stereocenters. The molecule has 0 saturated heterocycles. The van der Waals surface area contributed by atoms with Gasteiger partial charge in [0.05, 0.1) is 10.2 Å². The second-order valence-electron chi connectivity index (χ2n) is 6.77. The van der Waals surface area contributed by atoms with E-state index in [-0.39, 0.29) is 5.54 Å². The van der Waals surface area contributed by atoms with E-state index in [2.05, 4.69) is 50.9 Å². The molecular formula is C19H31NO3S9Si. The summed E-state index contributed by atoms with van der Waals surface area (Å²) in [5, 5.41) is 0. The molecule has 2 aromatic rings. The minimum absolute atomic E-state index is 0.271. The summed E-state index contributed by atoms with van der Waals surface area (Å²) in [5.41, 5.74) is 1.36. The average molecular weight is 638 g/mol. The van der Waals surface area contributed by atoms with E-state index in [9.17, 15) is 0 Å². The van der Waals surface area contributed by atoms with Crippen molar-refractivity contribution in [3.05, 3.63) is 24.3 Å². The van der Waals surface area contributed by atoms with E-state index in [0.717, 1.165) is 34.9 Å². The van der Waals surface area contributed by atoms with Crippen molar-refractivity contribution < 1.29 is 13.3 Å². The van der Waals surface area contributed by atoms with Gasteiger partial charge < -0.3 is 13.3 Å². The third-order valence-corrected chi connectivity index (χ3v) is 24.2. The molecule has 0 N–H and O–H groups in total. The maximum absolute atomic E-state index is 6.27.